The van der Waals surface area contributed by atoms with Crippen molar-refractivity contribution in [2.45, 2.75) is 6.54 Å². The molecule has 0 aliphatic heterocycles. The van der Waals surface area contributed by atoms with Gasteiger partial charge in [-0.05, 0) is 23.8 Å². The van der Waals surface area contributed by atoms with E-state index in [9.17, 15) is 4.79 Å². The molecule has 7 heteroatoms. The van der Waals surface area contributed by atoms with E-state index < -0.39 is 0 Å². The smallest absolute Gasteiger partial charge is 0.371 e. The zero-order valence-corrected chi connectivity index (χ0v) is 14.8. The van der Waals surface area contributed by atoms with Gasteiger partial charge >= 0.3 is 5.95 Å². The average molecular weight is 374 g/mol. The zero-order chi connectivity index (χ0) is 18.8. The van der Waals surface area contributed by atoms with Crippen LogP contribution < -0.4 is 5.56 Å². The van der Waals surface area contributed by atoms with E-state index in [2.05, 4.69) is 19.9 Å². The van der Waals surface area contributed by atoms with Crippen LogP contribution in [-0.4, -0.2) is 19.7 Å². The third-order valence-electron chi connectivity index (χ3n) is 4.12. The molecule has 4 aromatic rings. The molecule has 0 saturated carbocycles. The summed E-state index contributed by atoms with van der Waals surface area (Å²) in [4.78, 5) is 24.1. The minimum Gasteiger partial charge on any atom is -0.394 e. The fourth-order valence-corrected chi connectivity index (χ4v) is 2.95. The Morgan fingerprint density at radius 3 is 2.33 bits per heavy atom. The molecule has 0 bridgehead atoms. The van der Waals surface area contributed by atoms with Gasteiger partial charge in [0.15, 0.2) is 0 Å². The number of rotatable bonds is 3. The van der Waals surface area contributed by atoms with Gasteiger partial charge in [0.2, 0.25) is 0 Å². The molecular formula is C20H12ClN5O. The van der Waals surface area contributed by atoms with Crippen molar-refractivity contribution >= 4 is 28.3 Å². The van der Waals surface area contributed by atoms with Gasteiger partial charge in [-0.15, -0.1) is 6.57 Å². The topological polar surface area (TPSA) is 65.0 Å². The van der Waals surface area contributed by atoms with Gasteiger partial charge in [-0.1, -0.05) is 41.9 Å². The molecule has 0 amide bonds. The Labute approximate surface area is 159 Å². The molecule has 0 unspecified atom stereocenters. The highest BCUT2D eigenvalue weighted by Crippen LogP contribution is 2.24. The van der Waals surface area contributed by atoms with E-state index in [-0.39, 0.29) is 11.5 Å². The molecule has 2 aromatic carbocycles. The summed E-state index contributed by atoms with van der Waals surface area (Å²) in [6.07, 6.45) is 3.10. The fourth-order valence-electron chi connectivity index (χ4n) is 2.82. The molecule has 0 saturated heterocycles. The third-order valence-corrected chi connectivity index (χ3v) is 4.38. The maximum atomic E-state index is 12.9. The van der Waals surface area contributed by atoms with Crippen LogP contribution in [0, 0.1) is 6.57 Å². The Kier molecular flexibility index (Phi) is 4.37. The van der Waals surface area contributed by atoms with E-state index in [1.807, 2.05) is 30.3 Å². The van der Waals surface area contributed by atoms with Crippen LogP contribution in [0.15, 0.2) is 65.7 Å². The Balaban J connectivity index is 1.89. The van der Waals surface area contributed by atoms with Gasteiger partial charge in [0.1, 0.15) is 5.69 Å². The molecule has 0 aliphatic carbocycles. The number of hydrogen-bond acceptors (Lipinski definition) is 4. The van der Waals surface area contributed by atoms with Crippen LogP contribution in [0.25, 0.3) is 26.9 Å². The minimum absolute atomic E-state index is 0.0672. The summed E-state index contributed by atoms with van der Waals surface area (Å²) in [5, 5.41) is 6.47. The lowest BCUT2D eigenvalue weighted by atomic mass is 10.1. The maximum absolute atomic E-state index is 12.9. The van der Waals surface area contributed by atoms with Crippen molar-refractivity contribution in [3.05, 3.63) is 93.3 Å². The monoisotopic (exact) mass is 373 g/mol. The zero-order valence-electron chi connectivity index (χ0n) is 14.0. The first-order valence-electron chi connectivity index (χ1n) is 8.10. The van der Waals surface area contributed by atoms with Gasteiger partial charge in [-0.25, -0.2) is 4.68 Å². The number of aromatic nitrogens is 4. The second kappa shape index (κ2) is 6.98. The number of benzene rings is 2. The van der Waals surface area contributed by atoms with Crippen LogP contribution in [-0.2, 0) is 6.54 Å². The second-order valence-corrected chi connectivity index (χ2v) is 6.30. The quantitative estimate of drug-likeness (QED) is 0.507. The van der Waals surface area contributed by atoms with E-state index in [0.717, 1.165) is 5.56 Å². The minimum atomic E-state index is -0.178. The number of nitrogens with zero attached hydrogens (tertiary/aromatic N) is 5. The highest BCUT2D eigenvalue weighted by atomic mass is 35.5. The summed E-state index contributed by atoms with van der Waals surface area (Å²) in [7, 11) is 0. The molecule has 0 fully saturated rings. The van der Waals surface area contributed by atoms with Crippen molar-refractivity contribution in [3.8, 4) is 11.3 Å². The lowest BCUT2D eigenvalue weighted by molar-refractivity contribution is 0.651. The van der Waals surface area contributed by atoms with Crippen molar-refractivity contribution in [1.82, 2.24) is 19.7 Å². The van der Waals surface area contributed by atoms with Crippen LogP contribution in [0.1, 0.15) is 5.56 Å². The third kappa shape index (κ3) is 3.28. The molecule has 2 aromatic heterocycles. The van der Waals surface area contributed by atoms with Gasteiger partial charge in [0, 0.05) is 10.4 Å². The molecule has 0 spiro atoms. The Hall–Kier alpha value is -3.56. The summed E-state index contributed by atoms with van der Waals surface area (Å²) < 4.78 is 1.42. The predicted molar refractivity (Wildman–Crippen MR) is 104 cm³/mol. The Bertz CT molecular complexity index is 1220. The van der Waals surface area contributed by atoms with Crippen LogP contribution >= 0.6 is 11.6 Å². The molecule has 27 heavy (non-hydrogen) atoms. The molecule has 4 rings (SSSR count). The second-order valence-electron chi connectivity index (χ2n) is 5.87. The summed E-state index contributed by atoms with van der Waals surface area (Å²) in [5.41, 5.74) is 1.97. The average Bonchev–Trinajstić information content (AvgIpc) is 2.72. The van der Waals surface area contributed by atoms with Crippen LogP contribution in [0.4, 0.5) is 5.95 Å². The van der Waals surface area contributed by atoms with Crippen LogP contribution in [0.2, 0.25) is 5.02 Å². The van der Waals surface area contributed by atoms with Crippen LogP contribution in [0.3, 0.4) is 0 Å². The molecule has 6 nitrogen and oxygen atoms in total. The van der Waals surface area contributed by atoms with Crippen LogP contribution in [0.5, 0.6) is 0 Å². The first kappa shape index (κ1) is 16.9. The normalized spacial score (nSPS) is 10.7. The van der Waals surface area contributed by atoms with E-state index in [1.54, 1.807) is 30.6 Å². The standard InChI is InChI=1S/C20H12ClN5O/c1-22-20-23-10-14(11-24-20)18-16-4-2-3-5-17(16)19(27)26(25-18)12-13-6-8-15(21)9-7-13/h2-11H,12H2. The van der Waals surface area contributed by atoms with Gasteiger partial charge in [-0.2, -0.15) is 15.1 Å². The molecule has 0 N–H and O–H groups in total. The number of fused-ring (bicyclic) bond motifs is 1. The Morgan fingerprint density at radius 1 is 1.00 bits per heavy atom. The van der Waals surface area contributed by atoms with Crippen molar-refractivity contribution in [2.75, 3.05) is 0 Å². The predicted octanol–water partition coefficient (Wildman–Crippen LogP) is 4.11. The molecule has 0 radical (unpaired) electrons. The van der Waals surface area contributed by atoms with Crippen molar-refractivity contribution in [1.29, 1.82) is 0 Å². The number of halogens is 1. The number of hydrogen-bond donors (Lipinski definition) is 0. The summed E-state index contributed by atoms with van der Waals surface area (Å²) >= 11 is 5.93. The van der Waals surface area contributed by atoms with E-state index in [1.165, 1.54) is 4.68 Å². The van der Waals surface area contributed by atoms with Gasteiger partial charge < -0.3 is 4.85 Å². The summed E-state index contributed by atoms with van der Waals surface area (Å²) in [5.74, 6) is 0.0672. The molecule has 0 atom stereocenters. The summed E-state index contributed by atoms with van der Waals surface area (Å²) in [6, 6.07) is 14.6. The largest absolute Gasteiger partial charge is 0.394 e. The van der Waals surface area contributed by atoms with Gasteiger partial charge in [-0.3, -0.25) is 4.79 Å². The maximum Gasteiger partial charge on any atom is 0.371 e. The summed E-state index contributed by atoms with van der Waals surface area (Å²) in [6.45, 7) is 7.30. The highest BCUT2D eigenvalue weighted by molar-refractivity contribution is 6.30. The lowest BCUT2D eigenvalue weighted by Crippen LogP contribution is -2.24. The van der Waals surface area contributed by atoms with Gasteiger partial charge in [0.25, 0.3) is 5.56 Å². The first-order valence-corrected chi connectivity index (χ1v) is 8.47. The molecule has 2 heterocycles. The Morgan fingerprint density at radius 2 is 1.67 bits per heavy atom. The van der Waals surface area contributed by atoms with Gasteiger partial charge in [0.05, 0.1) is 29.9 Å². The van der Waals surface area contributed by atoms with E-state index in [0.29, 0.717) is 33.6 Å². The first-order chi connectivity index (χ1) is 13.2. The van der Waals surface area contributed by atoms with Crippen molar-refractivity contribution in [2.24, 2.45) is 0 Å². The molecular weight excluding hydrogens is 362 g/mol. The molecule has 130 valence electrons. The highest BCUT2D eigenvalue weighted by Gasteiger charge is 2.14. The SMILES string of the molecule is [C-]#[N+]c1ncc(-c2nn(Cc3ccc(Cl)cc3)c(=O)c3ccccc23)cn1. The van der Waals surface area contributed by atoms with Crippen molar-refractivity contribution in [3.63, 3.8) is 0 Å². The van der Waals surface area contributed by atoms with E-state index in [4.69, 9.17) is 18.2 Å². The molecule has 0 aliphatic rings. The van der Waals surface area contributed by atoms with E-state index >= 15 is 0 Å². The van der Waals surface area contributed by atoms with Crippen molar-refractivity contribution < 1.29 is 0 Å². The lowest BCUT2D eigenvalue weighted by Gasteiger charge is -2.10. The fraction of sp³-hybridized carbons (Fsp3) is 0.0500.